The molecule has 0 aromatic rings. The standard InChI is InChI=1S/C14H28N2O/c1-4-17-14(2,3)11-16-8-7-12(10-16)9-15-13-5-6-13/h12-13,15H,4-11H2,1-3H3. The molecule has 0 bridgehead atoms. The van der Waals surface area contributed by atoms with Crippen LogP contribution in [0.2, 0.25) is 0 Å². The summed E-state index contributed by atoms with van der Waals surface area (Å²) in [6.45, 7) is 12.1. The summed E-state index contributed by atoms with van der Waals surface area (Å²) < 4.78 is 5.78. The van der Waals surface area contributed by atoms with Gasteiger partial charge in [-0.3, -0.25) is 0 Å². The van der Waals surface area contributed by atoms with Crippen molar-refractivity contribution in [2.75, 3.05) is 32.8 Å². The maximum atomic E-state index is 5.78. The molecule has 1 saturated heterocycles. The molecule has 2 aliphatic rings. The van der Waals surface area contributed by atoms with Gasteiger partial charge in [0.15, 0.2) is 0 Å². The van der Waals surface area contributed by atoms with E-state index in [1.165, 1.54) is 38.9 Å². The van der Waals surface area contributed by atoms with Crippen LogP contribution in [-0.4, -0.2) is 49.3 Å². The van der Waals surface area contributed by atoms with Gasteiger partial charge in [-0.25, -0.2) is 0 Å². The van der Waals surface area contributed by atoms with Crippen molar-refractivity contribution >= 4 is 0 Å². The Kier molecular flexibility index (Phi) is 4.45. The topological polar surface area (TPSA) is 24.5 Å². The zero-order valence-corrected chi connectivity index (χ0v) is 11.7. The van der Waals surface area contributed by atoms with Crippen LogP contribution in [-0.2, 0) is 4.74 Å². The number of hydrogen-bond acceptors (Lipinski definition) is 3. The molecule has 1 unspecified atom stereocenters. The highest BCUT2D eigenvalue weighted by atomic mass is 16.5. The van der Waals surface area contributed by atoms with Crippen molar-refractivity contribution in [1.29, 1.82) is 0 Å². The Morgan fingerprint density at radius 3 is 2.71 bits per heavy atom. The normalized spacial score (nSPS) is 26.6. The second-order valence-corrected chi connectivity index (χ2v) is 6.27. The minimum Gasteiger partial charge on any atom is -0.375 e. The highest BCUT2D eigenvalue weighted by Gasteiger charge is 2.29. The second-order valence-electron chi connectivity index (χ2n) is 6.27. The van der Waals surface area contributed by atoms with Gasteiger partial charge in [0.2, 0.25) is 0 Å². The molecule has 0 spiro atoms. The van der Waals surface area contributed by atoms with E-state index in [1.807, 2.05) is 0 Å². The monoisotopic (exact) mass is 240 g/mol. The van der Waals surface area contributed by atoms with E-state index in [4.69, 9.17) is 4.74 Å². The number of nitrogens with zero attached hydrogens (tertiary/aromatic N) is 1. The number of ether oxygens (including phenoxy) is 1. The van der Waals surface area contributed by atoms with Crippen molar-refractivity contribution in [3.05, 3.63) is 0 Å². The Labute approximate surface area is 106 Å². The third kappa shape index (κ3) is 4.57. The Hall–Kier alpha value is -0.120. The van der Waals surface area contributed by atoms with E-state index >= 15 is 0 Å². The van der Waals surface area contributed by atoms with Crippen LogP contribution in [0.25, 0.3) is 0 Å². The summed E-state index contributed by atoms with van der Waals surface area (Å²) in [5.41, 5.74) is 0.00750. The van der Waals surface area contributed by atoms with Crippen LogP contribution < -0.4 is 5.32 Å². The molecule has 1 N–H and O–H groups in total. The van der Waals surface area contributed by atoms with Crippen LogP contribution in [0.5, 0.6) is 0 Å². The highest BCUT2D eigenvalue weighted by Crippen LogP contribution is 2.22. The molecule has 0 amide bonds. The van der Waals surface area contributed by atoms with Crippen molar-refractivity contribution in [1.82, 2.24) is 10.2 Å². The Morgan fingerprint density at radius 1 is 1.29 bits per heavy atom. The van der Waals surface area contributed by atoms with Crippen molar-refractivity contribution in [2.24, 2.45) is 5.92 Å². The zero-order chi connectivity index (χ0) is 12.3. The molecule has 2 fully saturated rings. The van der Waals surface area contributed by atoms with E-state index in [0.29, 0.717) is 0 Å². The van der Waals surface area contributed by atoms with Gasteiger partial charge in [0.05, 0.1) is 5.60 Å². The summed E-state index contributed by atoms with van der Waals surface area (Å²) in [6.07, 6.45) is 4.14. The Bertz CT molecular complexity index is 238. The van der Waals surface area contributed by atoms with E-state index in [-0.39, 0.29) is 5.60 Å². The maximum Gasteiger partial charge on any atom is 0.0752 e. The number of nitrogens with one attached hydrogen (secondary N) is 1. The first-order valence-electron chi connectivity index (χ1n) is 7.19. The van der Waals surface area contributed by atoms with Crippen molar-refractivity contribution < 1.29 is 4.74 Å². The van der Waals surface area contributed by atoms with Gasteiger partial charge in [-0.05, 0) is 59.0 Å². The molecule has 0 radical (unpaired) electrons. The molecule has 1 saturated carbocycles. The van der Waals surface area contributed by atoms with E-state index in [0.717, 1.165) is 25.1 Å². The lowest BCUT2D eigenvalue weighted by atomic mass is 10.1. The fourth-order valence-electron chi connectivity index (χ4n) is 2.82. The van der Waals surface area contributed by atoms with Gasteiger partial charge < -0.3 is 15.0 Å². The molecule has 2 rings (SSSR count). The fourth-order valence-corrected chi connectivity index (χ4v) is 2.82. The first kappa shape index (κ1) is 13.3. The summed E-state index contributed by atoms with van der Waals surface area (Å²) in [7, 11) is 0. The van der Waals surface area contributed by atoms with Gasteiger partial charge in [0.1, 0.15) is 0 Å². The smallest absolute Gasteiger partial charge is 0.0752 e. The van der Waals surface area contributed by atoms with Crippen LogP contribution >= 0.6 is 0 Å². The van der Waals surface area contributed by atoms with Gasteiger partial charge in [0, 0.05) is 25.7 Å². The quantitative estimate of drug-likeness (QED) is 0.735. The van der Waals surface area contributed by atoms with E-state index < -0.39 is 0 Å². The van der Waals surface area contributed by atoms with Gasteiger partial charge in [-0.1, -0.05) is 0 Å². The predicted molar refractivity (Wildman–Crippen MR) is 71.3 cm³/mol. The average molecular weight is 240 g/mol. The Balaban J connectivity index is 1.65. The van der Waals surface area contributed by atoms with Crippen molar-refractivity contribution in [3.63, 3.8) is 0 Å². The minimum atomic E-state index is 0.00750. The van der Waals surface area contributed by atoms with Crippen LogP contribution in [0, 0.1) is 5.92 Å². The van der Waals surface area contributed by atoms with Gasteiger partial charge in [0.25, 0.3) is 0 Å². The van der Waals surface area contributed by atoms with Crippen LogP contribution in [0.4, 0.5) is 0 Å². The average Bonchev–Trinajstić information content (AvgIpc) is 2.97. The second kappa shape index (κ2) is 5.68. The molecule has 3 nitrogen and oxygen atoms in total. The molecule has 17 heavy (non-hydrogen) atoms. The third-order valence-corrected chi connectivity index (χ3v) is 3.78. The molecule has 0 aromatic carbocycles. The number of hydrogen-bond donors (Lipinski definition) is 1. The molecule has 100 valence electrons. The van der Waals surface area contributed by atoms with Crippen molar-refractivity contribution in [3.8, 4) is 0 Å². The lowest BCUT2D eigenvalue weighted by Gasteiger charge is -2.30. The summed E-state index contributed by atoms with van der Waals surface area (Å²) in [5.74, 6) is 0.855. The molecule has 1 aliphatic heterocycles. The number of likely N-dealkylation sites (tertiary alicyclic amines) is 1. The largest absolute Gasteiger partial charge is 0.375 e. The highest BCUT2D eigenvalue weighted by molar-refractivity contribution is 4.86. The lowest BCUT2D eigenvalue weighted by molar-refractivity contribution is -0.0307. The number of rotatable bonds is 7. The molecular formula is C14H28N2O. The molecular weight excluding hydrogens is 212 g/mol. The van der Waals surface area contributed by atoms with Crippen LogP contribution in [0.15, 0.2) is 0 Å². The van der Waals surface area contributed by atoms with Crippen molar-refractivity contribution in [2.45, 2.75) is 51.7 Å². The third-order valence-electron chi connectivity index (χ3n) is 3.78. The Morgan fingerprint density at radius 2 is 2.06 bits per heavy atom. The SMILES string of the molecule is CCOC(C)(C)CN1CCC(CNC2CC2)C1. The zero-order valence-electron chi connectivity index (χ0n) is 11.7. The van der Waals surface area contributed by atoms with Gasteiger partial charge >= 0.3 is 0 Å². The summed E-state index contributed by atoms with van der Waals surface area (Å²) >= 11 is 0. The first-order chi connectivity index (χ1) is 8.09. The molecule has 0 aromatic heterocycles. The summed E-state index contributed by atoms with van der Waals surface area (Å²) in [6, 6.07) is 0.851. The lowest BCUT2D eigenvalue weighted by Crippen LogP contribution is -2.40. The van der Waals surface area contributed by atoms with E-state index in [2.05, 4.69) is 31.0 Å². The molecule has 1 atom stereocenters. The van der Waals surface area contributed by atoms with Gasteiger partial charge in [-0.2, -0.15) is 0 Å². The van der Waals surface area contributed by atoms with Crippen LogP contribution in [0.1, 0.15) is 40.0 Å². The summed E-state index contributed by atoms with van der Waals surface area (Å²) in [5, 5.41) is 3.65. The summed E-state index contributed by atoms with van der Waals surface area (Å²) in [4.78, 5) is 2.56. The minimum absolute atomic E-state index is 0.00750. The van der Waals surface area contributed by atoms with Gasteiger partial charge in [-0.15, -0.1) is 0 Å². The van der Waals surface area contributed by atoms with Crippen LogP contribution in [0.3, 0.4) is 0 Å². The molecule has 3 heteroatoms. The molecule has 1 heterocycles. The first-order valence-corrected chi connectivity index (χ1v) is 7.19. The maximum absolute atomic E-state index is 5.78. The fraction of sp³-hybridized carbons (Fsp3) is 1.00. The van der Waals surface area contributed by atoms with E-state index in [9.17, 15) is 0 Å². The van der Waals surface area contributed by atoms with E-state index in [1.54, 1.807) is 0 Å². The predicted octanol–water partition coefficient (Wildman–Crippen LogP) is 1.88. The molecule has 1 aliphatic carbocycles.